The number of nitrogens with zero attached hydrogens (tertiary/aromatic N) is 1. The van der Waals surface area contributed by atoms with E-state index in [1.807, 2.05) is 30.7 Å². The van der Waals surface area contributed by atoms with E-state index in [0.717, 1.165) is 30.9 Å². The highest BCUT2D eigenvalue weighted by molar-refractivity contribution is 5.84. The third-order valence-corrected chi connectivity index (χ3v) is 3.38. The van der Waals surface area contributed by atoms with Crippen molar-refractivity contribution in [3.8, 4) is 0 Å². The van der Waals surface area contributed by atoms with Gasteiger partial charge in [0.15, 0.2) is 0 Å². The molecule has 2 rings (SSSR count). The third-order valence-electron chi connectivity index (χ3n) is 3.38. The Morgan fingerprint density at radius 2 is 2.18 bits per heavy atom. The van der Waals surface area contributed by atoms with Crippen LogP contribution in [0.1, 0.15) is 30.7 Å². The second-order valence-electron chi connectivity index (χ2n) is 4.90. The fourth-order valence-corrected chi connectivity index (χ4v) is 2.38. The highest BCUT2D eigenvalue weighted by Gasteiger charge is 2.17. The van der Waals surface area contributed by atoms with Gasteiger partial charge in [0.2, 0.25) is 5.91 Å². The lowest BCUT2D eigenvalue weighted by atomic mass is 9.96. The third kappa shape index (κ3) is 3.09. The largest absolute Gasteiger partial charge is 0.316 e. The molecule has 0 bridgehead atoms. The van der Waals surface area contributed by atoms with Crippen molar-refractivity contribution in [2.45, 2.75) is 33.1 Å². The van der Waals surface area contributed by atoms with Crippen molar-refractivity contribution >= 4 is 5.91 Å². The predicted octanol–water partition coefficient (Wildman–Crippen LogP) is 1.56. The number of carbonyl (C=O) groups is 1. The highest BCUT2D eigenvalue weighted by atomic mass is 16.2. The van der Waals surface area contributed by atoms with E-state index in [0.29, 0.717) is 12.3 Å². The molecule has 1 aromatic heterocycles. The van der Waals surface area contributed by atoms with Gasteiger partial charge in [-0.15, -0.1) is 0 Å². The minimum atomic E-state index is 0.112. The quantitative estimate of drug-likeness (QED) is 0.835. The number of nitrogens with one attached hydrogen (secondary N) is 2. The zero-order valence-corrected chi connectivity index (χ0v) is 10.6. The van der Waals surface area contributed by atoms with Gasteiger partial charge in [-0.05, 0) is 57.8 Å². The molecule has 94 valence electrons. The molecule has 1 aromatic rings. The molecule has 0 aromatic carbocycles. The average Bonchev–Trinajstić information content (AvgIpc) is 2.62. The number of hydrogen-bond acceptors (Lipinski definition) is 2. The SMILES string of the molecule is Cc1ccc(C)n1NC(=O)CC1CCCNC1. The van der Waals surface area contributed by atoms with Crippen LogP contribution in [0.15, 0.2) is 12.1 Å². The fraction of sp³-hybridized carbons (Fsp3) is 0.615. The number of aryl methyl sites for hydroxylation is 2. The molecule has 1 aliphatic rings. The predicted molar refractivity (Wildman–Crippen MR) is 68.5 cm³/mol. The molecule has 4 nitrogen and oxygen atoms in total. The van der Waals surface area contributed by atoms with Crippen molar-refractivity contribution in [2.75, 3.05) is 18.5 Å². The lowest BCUT2D eigenvalue weighted by molar-refractivity contribution is -0.118. The summed E-state index contributed by atoms with van der Waals surface area (Å²) in [6, 6.07) is 4.02. The van der Waals surface area contributed by atoms with E-state index in [-0.39, 0.29) is 5.91 Å². The number of aromatic nitrogens is 1. The Balaban J connectivity index is 1.88. The topological polar surface area (TPSA) is 46.1 Å². The van der Waals surface area contributed by atoms with Crippen LogP contribution < -0.4 is 10.7 Å². The van der Waals surface area contributed by atoms with E-state index in [1.54, 1.807) is 0 Å². The molecular weight excluding hydrogens is 214 g/mol. The summed E-state index contributed by atoms with van der Waals surface area (Å²) >= 11 is 0. The molecule has 2 N–H and O–H groups in total. The van der Waals surface area contributed by atoms with Gasteiger partial charge in [-0.3, -0.25) is 14.9 Å². The second kappa shape index (κ2) is 5.36. The van der Waals surface area contributed by atoms with Gasteiger partial charge >= 0.3 is 0 Å². The van der Waals surface area contributed by atoms with Gasteiger partial charge < -0.3 is 5.32 Å². The average molecular weight is 235 g/mol. The van der Waals surface area contributed by atoms with Crippen LogP contribution in [0, 0.1) is 19.8 Å². The Hall–Kier alpha value is -1.29. The van der Waals surface area contributed by atoms with E-state index < -0.39 is 0 Å². The molecule has 0 saturated carbocycles. The van der Waals surface area contributed by atoms with Crippen LogP contribution in [0.25, 0.3) is 0 Å². The Labute approximate surface area is 102 Å². The molecule has 1 fully saturated rings. The number of hydrogen-bond donors (Lipinski definition) is 2. The number of piperidine rings is 1. The maximum atomic E-state index is 11.9. The Bertz CT molecular complexity index is 372. The van der Waals surface area contributed by atoms with Gasteiger partial charge in [-0.2, -0.15) is 0 Å². The first-order chi connectivity index (χ1) is 8.16. The van der Waals surface area contributed by atoms with Crippen LogP contribution >= 0.6 is 0 Å². The van der Waals surface area contributed by atoms with Crippen molar-refractivity contribution < 1.29 is 4.79 Å². The van der Waals surface area contributed by atoms with Gasteiger partial charge in [-0.25, -0.2) is 0 Å². The normalized spacial score (nSPS) is 20.2. The molecule has 1 saturated heterocycles. The summed E-state index contributed by atoms with van der Waals surface area (Å²) in [5.74, 6) is 0.598. The summed E-state index contributed by atoms with van der Waals surface area (Å²) in [5, 5.41) is 3.34. The Morgan fingerprint density at radius 3 is 2.76 bits per heavy atom. The van der Waals surface area contributed by atoms with E-state index in [1.165, 1.54) is 6.42 Å². The van der Waals surface area contributed by atoms with E-state index in [4.69, 9.17) is 0 Å². The van der Waals surface area contributed by atoms with E-state index in [9.17, 15) is 4.79 Å². The van der Waals surface area contributed by atoms with Crippen LogP contribution in [0.4, 0.5) is 0 Å². The van der Waals surface area contributed by atoms with Crippen LogP contribution in [0.3, 0.4) is 0 Å². The van der Waals surface area contributed by atoms with E-state index >= 15 is 0 Å². The number of carbonyl (C=O) groups excluding carboxylic acids is 1. The van der Waals surface area contributed by atoms with Crippen molar-refractivity contribution in [3.63, 3.8) is 0 Å². The molecule has 0 spiro atoms. The maximum absolute atomic E-state index is 11.9. The second-order valence-corrected chi connectivity index (χ2v) is 4.90. The molecule has 4 heteroatoms. The molecule has 1 atom stereocenters. The number of rotatable bonds is 3. The molecule has 0 aliphatic carbocycles. The number of amides is 1. The molecule has 0 radical (unpaired) electrons. The Kier molecular flexibility index (Phi) is 3.84. The molecule has 1 unspecified atom stereocenters. The van der Waals surface area contributed by atoms with Crippen molar-refractivity contribution in [2.24, 2.45) is 5.92 Å². The van der Waals surface area contributed by atoms with Crippen LogP contribution in [-0.2, 0) is 4.79 Å². The van der Waals surface area contributed by atoms with Crippen molar-refractivity contribution in [1.29, 1.82) is 0 Å². The van der Waals surface area contributed by atoms with Crippen molar-refractivity contribution in [1.82, 2.24) is 9.99 Å². The van der Waals surface area contributed by atoms with E-state index in [2.05, 4.69) is 10.7 Å². The molecule has 17 heavy (non-hydrogen) atoms. The molecule has 2 heterocycles. The summed E-state index contributed by atoms with van der Waals surface area (Å²) in [6.45, 7) is 6.05. The minimum absolute atomic E-state index is 0.112. The standard InChI is InChI=1S/C13H21N3O/c1-10-5-6-11(2)16(10)15-13(17)8-12-4-3-7-14-9-12/h5-6,12,14H,3-4,7-9H2,1-2H3,(H,15,17). The molecule has 1 aliphatic heterocycles. The van der Waals surface area contributed by atoms with Crippen LogP contribution in [-0.4, -0.2) is 23.7 Å². The first-order valence-electron chi connectivity index (χ1n) is 6.32. The zero-order chi connectivity index (χ0) is 12.3. The van der Waals surface area contributed by atoms with Crippen LogP contribution in [0.2, 0.25) is 0 Å². The maximum Gasteiger partial charge on any atom is 0.239 e. The fourth-order valence-electron chi connectivity index (χ4n) is 2.38. The van der Waals surface area contributed by atoms with Gasteiger partial charge in [0.05, 0.1) is 0 Å². The molecule has 1 amide bonds. The summed E-state index contributed by atoms with van der Waals surface area (Å²) in [7, 11) is 0. The van der Waals surface area contributed by atoms with Crippen molar-refractivity contribution in [3.05, 3.63) is 23.5 Å². The summed E-state index contributed by atoms with van der Waals surface area (Å²) in [5.41, 5.74) is 5.09. The Morgan fingerprint density at radius 1 is 1.47 bits per heavy atom. The highest BCUT2D eigenvalue weighted by Crippen LogP contribution is 2.14. The van der Waals surface area contributed by atoms with Gasteiger partial charge in [-0.1, -0.05) is 0 Å². The first-order valence-corrected chi connectivity index (χ1v) is 6.32. The van der Waals surface area contributed by atoms with Gasteiger partial charge in [0.25, 0.3) is 0 Å². The summed E-state index contributed by atoms with van der Waals surface area (Å²) < 4.78 is 1.86. The lowest BCUT2D eigenvalue weighted by Crippen LogP contribution is -2.34. The first kappa shape index (κ1) is 12.2. The van der Waals surface area contributed by atoms with Crippen LogP contribution in [0.5, 0.6) is 0 Å². The molecular formula is C13H21N3O. The monoisotopic (exact) mass is 235 g/mol. The lowest BCUT2D eigenvalue weighted by Gasteiger charge is -2.22. The summed E-state index contributed by atoms with van der Waals surface area (Å²) in [6.07, 6.45) is 2.95. The zero-order valence-electron chi connectivity index (χ0n) is 10.6. The summed E-state index contributed by atoms with van der Waals surface area (Å²) in [4.78, 5) is 11.9. The van der Waals surface area contributed by atoms with Gasteiger partial charge in [0.1, 0.15) is 0 Å². The smallest absolute Gasteiger partial charge is 0.239 e. The van der Waals surface area contributed by atoms with Gasteiger partial charge in [0, 0.05) is 17.8 Å². The minimum Gasteiger partial charge on any atom is -0.316 e.